The normalized spacial score (nSPS) is 11.5. The lowest BCUT2D eigenvalue weighted by atomic mass is 10.3. The fourth-order valence-electron chi connectivity index (χ4n) is 1.47. The number of fused-ring (bicyclic) bond motifs is 1. The molecule has 4 nitrogen and oxygen atoms in total. The number of thioether (sulfide) groups is 1. The van der Waals surface area contributed by atoms with Crippen LogP contribution in [0.1, 0.15) is 11.9 Å². The Balaban J connectivity index is 2.37. The van der Waals surface area contributed by atoms with Gasteiger partial charge in [-0.15, -0.1) is 11.3 Å². The fraction of sp³-hybridized carbons (Fsp3) is 0.250. The van der Waals surface area contributed by atoms with Gasteiger partial charge in [-0.3, -0.25) is 5.32 Å². The monoisotopic (exact) mass is 276 g/mol. The van der Waals surface area contributed by atoms with Crippen molar-refractivity contribution < 1.29 is 0 Å². The van der Waals surface area contributed by atoms with Crippen molar-refractivity contribution in [3.63, 3.8) is 0 Å². The van der Waals surface area contributed by atoms with E-state index in [1.165, 1.54) is 11.8 Å². The van der Waals surface area contributed by atoms with Gasteiger partial charge in [0.15, 0.2) is 11.4 Å². The first kappa shape index (κ1) is 12.9. The van der Waals surface area contributed by atoms with E-state index in [0.29, 0.717) is 5.17 Å². The summed E-state index contributed by atoms with van der Waals surface area (Å²) in [6.45, 7) is 2.10. The van der Waals surface area contributed by atoms with Crippen molar-refractivity contribution in [1.29, 1.82) is 5.26 Å². The first-order chi connectivity index (χ1) is 8.76. The van der Waals surface area contributed by atoms with E-state index >= 15 is 0 Å². The summed E-state index contributed by atoms with van der Waals surface area (Å²) in [4.78, 5) is 8.88. The number of aryl methyl sites for hydroxylation is 1. The molecule has 0 radical (unpaired) electrons. The largest absolute Gasteiger partial charge is 0.271 e. The second-order valence-electron chi connectivity index (χ2n) is 3.47. The van der Waals surface area contributed by atoms with Crippen LogP contribution in [0.3, 0.4) is 0 Å². The minimum Gasteiger partial charge on any atom is -0.271 e. The molecule has 0 aliphatic rings. The molecule has 1 N–H and O–H groups in total. The maximum Gasteiger partial charge on any atom is 0.183 e. The zero-order valence-corrected chi connectivity index (χ0v) is 11.7. The molecule has 1 heterocycles. The number of aromatic nitrogens is 1. The highest BCUT2D eigenvalue weighted by Gasteiger charge is 2.03. The molecule has 0 amide bonds. The molecule has 1 aromatic carbocycles. The van der Waals surface area contributed by atoms with Crippen molar-refractivity contribution in [2.75, 3.05) is 6.26 Å². The Hall–Kier alpha value is -1.58. The molecular formula is C12H12N4S2. The lowest BCUT2D eigenvalue weighted by molar-refractivity contribution is 1.11. The van der Waals surface area contributed by atoms with Gasteiger partial charge in [0.05, 0.1) is 20.9 Å². The zero-order chi connectivity index (χ0) is 13.0. The summed E-state index contributed by atoms with van der Waals surface area (Å²) in [5.74, 6) is 0. The van der Waals surface area contributed by atoms with Gasteiger partial charge in [-0.25, -0.2) is 9.98 Å². The first-order valence-corrected chi connectivity index (χ1v) is 7.48. The molecule has 0 aliphatic carbocycles. The lowest BCUT2D eigenvalue weighted by Gasteiger charge is -1.99. The molecule has 6 heteroatoms. The van der Waals surface area contributed by atoms with Gasteiger partial charge in [-0.05, 0) is 30.9 Å². The predicted octanol–water partition coefficient (Wildman–Crippen LogP) is 3.28. The van der Waals surface area contributed by atoms with E-state index in [4.69, 9.17) is 5.26 Å². The van der Waals surface area contributed by atoms with E-state index in [1.807, 2.05) is 30.6 Å². The van der Waals surface area contributed by atoms with Gasteiger partial charge >= 0.3 is 0 Å². The highest BCUT2D eigenvalue weighted by molar-refractivity contribution is 8.13. The van der Waals surface area contributed by atoms with Crippen LogP contribution < -0.4 is 5.32 Å². The maximum absolute atomic E-state index is 8.59. The molecule has 0 fully saturated rings. The number of hydrogen-bond acceptors (Lipinski definition) is 5. The average Bonchev–Trinajstić information content (AvgIpc) is 2.80. The van der Waals surface area contributed by atoms with Gasteiger partial charge in [0, 0.05) is 0 Å². The second-order valence-corrected chi connectivity index (χ2v) is 5.38. The Labute approximate surface area is 114 Å². The number of aliphatic imine (C=N–C) groups is 1. The highest BCUT2D eigenvalue weighted by atomic mass is 32.2. The Bertz CT molecular complexity index is 625. The average molecular weight is 276 g/mol. The molecule has 0 aliphatic heterocycles. The van der Waals surface area contributed by atoms with Crippen LogP contribution in [0.25, 0.3) is 10.2 Å². The molecule has 0 unspecified atom stereocenters. The van der Waals surface area contributed by atoms with E-state index in [2.05, 4.69) is 22.2 Å². The SMILES string of the molecule is CCc1nc2ccc(N=C(NC#N)SC)cc2s1. The molecule has 18 heavy (non-hydrogen) atoms. The number of hydrogen-bond donors (Lipinski definition) is 1. The van der Waals surface area contributed by atoms with Crippen molar-refractivity contribution in [2.24, 2.45) is 4.99 Å². The van der Waals surface area contributed by atoms with Gasteiger partial charge in [0.25, 0.3) is 0 Å². The molecular weight excluding hydrogens is 264 g/mol. The number of nitriles is 1. The summed E-state index contributed by atoms with van der Waals surface area (Å²) in [5, 5.41) is 12.9. The molecule has 0 bridgehead atoms. The third-order valence-corrected chi connectivity index (χ3v) is 4.05. The molecule has 0 spiro atoms. The van der Waals surface area contributed by atoms with Gasteiger partial charge in [-0.1, -0.05) is 18.7 Å². The standard InChI is InChI=1S/C12H12N4S2/c1-3-11-16-9-5-4-8(6-10(9)18-11)15-12(17-2)14-7-13/h4-6H,3H2,1-2H3,(H,14,15). The molecule has 1 aromatic heterocycles. The van der Waals surface area contributed by atoms with Gasteiger partial charge in [-0.2, -0.15) is 5.26 Å². The second kappa shape index (κ2) is 5.85. The van der Waals surface area contributed by atoms with Crippen LogP contribution in [0.5, 0.6) is 0 Å². The highest BCUT2D eigenvalue weighted by Crippen LogP contribution is 2.27. The van der Waals surface area contributed by atoms with Crippen molar-refractivity contribution in [3.8, 4) is 6.19 Å². The zero-order valence-electron chi connectivity index (χ0n) is 10.1. The first-order valence-electron chi connectivity index (χ1n) is 5.44. The Morgan fingerprint density at radius 2 is 2.44 bits per heavy atom. The molecule has 0 atom stereocenters. The van der Waals surface area contributed by atoms with E-state index in [0.717, 1.165) is 27.3 Å². The number of rotatable bonds is 2. The molecule has 0 saturated carbocycles. The third kappa shape index (κ3) is 2.81. The number of nitrogens with one attached hydrogen (secondary N) is 1. The number of benzene rings is 1. The summed E-state index contributed by atoms with van der Waals surface area (Å²) in [7, 11) is 0. The molecule has 2 aromatic rings. The topological polar surface area (TPSA) is 61.1 Å². The van der Waals surface area contributed by atoms with Crippen LogP contribution in [0.2, 0.25) is 0 Å². The minimum atomic E-state index is 0.595. The smallest absolute Gasteiger partial charge is 0.183 e. The molecule has 0 saturated heterocycles. The van der Waals surface area contributed by atoms with E-state index < -0.39 is 0 Å². The van der Waals surface area contributed by atoms with Gasteiger partial charge in [0.1, 0.15) is 0 Å². The van der Waals surface area contributed by atoms with Crippen LogP contribution >= 0.6 is 23.1 Å². The van der Waals surface area contributed by atoms with Gasteiger partial charge < -0.3 is 0 Å². The van der Waals surface area contributed by atoms with Crippen LogP contribution in [-0.2, 0) is 6.42 Å². The summed E-state index contributed by atoms with van der Waals surface area (Å²) in [6.07, 6.45) is 4.70. The van der Waals surface area contributed by atoms with Crippen molar-refractivity contribution in [1.82, 2.24) is 10.3 Å². The summed E-state index contributed by atoms with van der Waals surface area (Å²) in [5.41, 5.74) is 1.84. The maximum atomic E-state index is 8.59. The number of nitrogens with zero attached hydrogens (tertiary/aromatic N) is 3. The molecule has 92 valence electrons. The van der Waals surface area contributed by atoms with Crippen molar-refractivity contribution in [3.05, 3.63) is 23.2 Å². The predicted molar refractivity (Wildman–Crippen MR) is 78.4 cm³/mol. The lowest BCUT2D eigenvalue weighted by Crippen LogP contribution is -2.12. The van der Waals surface area contributed by atoms with E-state index in [9.17, 15) is 0 Å². The number of amidine groups is 1. The molecule has 2 rings (SSSR count). The van der Waals surface area contributed by atoms with Crippen molar-refractivity contribution >= 4 is 44.2 Å². The Kier molecular flexibility index (Phi) is 4.18. The van der Waals surface area contributed by atoms with Crippen LogP contribution in [0.4, 0.5) is 5.69 Å². The van der Waals surface area contributed by atoms with Crippen LogP contribution in [0.15, 0.2) is 23.2 Å². The summed E-state index contributed by atoms with van der Waals surface area (Å²) in [6, 6.07) is 5.88. The third-order valence-electron chi connectivity index (χ3n) is 2.31. The summed E-state index contributed by atoms with van der Waals surface area (Å²) < 4.78 is 1.13. The summed E-state index contributed by atoms with van der Waals surface area (Å²) >= 11 is 3.10. The Morgan fingerprint density at radius 3 is 3.11 bits per heavy atom. The van der Waals surface area contributed by atoms with Gasteiger partial charge in [0.2, 0.25) is 0 Å². The Morgan fingerprint density at radius 1 is 1.61 bits per heavy atom. The van der Waals surface area contributed by atoms with Crippen LogP contribution in [0, 0.1) is 11.5 Å². The van der Waals surface area contributed by atoms with Crippen molar-refractivity contribution in [2.45, 2.75) is 13.3 Å². The number of thiazole rings is 1. The van der Waals surface area contributed by atoms with E-state index in [-0.39, 0.29) is 0 Å². The van der Waals surface area contributed by atoms with E-state index in [1.54, 1.807) is 11.3 Å². The fourth-order valence-corrected chi connectivity index (χ4v) is 2.76. The van der Waals surface area contributed by atoms with Crippen LogP contribution in [-0.4, -0.2) is 16.4 Å². The quantitative estimate of drug-likeness (QED) is 0.396. The minimum absolute atomic E-state index is 0.595.